The molecule has 0 aliphatic rings. The summed E-state index contributed by atoms with van der Waals surface area (Å²) in [5, 5.41) is 0. The van der Waals surface area contributed by atoms with E-state index in [4.69, 9.17) is 4.74 Å². The van der Waals surface area contributed by atoms with E-state index >= 15 is 0 Å². The fraction of sp³-hybridized carbons (Fsp3) is 0.500. The fourth-order valence-electron chi connectivity index (χ4n) is 2.09. The fourth-order valence-corrected chi connectivity index (χ4v) is 3.29. The van der Waals surface area contributed by atoms with Crippen LogP contribution in [0.3, 0.4) is 0 Å². The highest BCUT2D eigenvalue weighted by atomic mass is 32.2. The van der Waals surface area contributed by atoms with Gasteiger partial charge in [0.1, 0.15) is 11.8 Å². The Morgan fingerprint density at radius 3 is 2.38 bits per heavy atom. The molecule has 1 atom stereocenters. The SMILES string of the molecule is CC[C@@H](C(=O)N(C)C)N(c1cccc(OC)c1)S(C)(=O)=O. The molecule has 0 aromatic heterocycles. The molecule has 0 heterocycles. The summed E-state index contributed by atoms with van der Waals surface area (Å²) in [5.41, 5.74) is 0.416. The Morgan fingerprint density at radius 2 is 1.95 bits per heavy atom. The summed E-state index contributed by atoms with van der Waals surface area (Å²) in [7, 11) is 1.12. The summed E-state index contributed by atoms with van der Waals surface area (Å²) >= 11 is 0. The van der Waals surface area contributed by atoms with Crippen molar-refractivity contribution < 1.29 is 17.9 Å². The van der Waals surface area contributed by atoms with Crippen molar-refractivity contribution in [3.63, 3.8) is 0 Å². The molecule has 118 valence electrons. The molecule has 0 bridgehead atoms. The van der Waals surface area contributed by atoms with Crippen molar-refractivity contribution in [3.8, 4) is 5.75 Å². The summed E-state index contributed by atoms with van der Waals surface area (Å²) in [4.78, 5) is 13.7. The number of amides is 1. The van der Waals surface area contributed by atoms with Crippen LogP contribution in [0.4, 0.5) is 5.69 Å². The molecule has 0 N–H and O–H groups in total. The molecule has 6 nitrogen and oxygen atoms in total. The van der Waals surface area contributed by atoms with Crippen LogP contribution in [0.25, 0.3) is 0 Å². The molecule has 0 saturated heterocycles. The zero-order chi connectivity index (χ0) is 16.2. The second-order valence-electron chi connectivity index (χ2n) is 4.92. The molecule has 1 amide bonds. The molecule has 1 aromatic carbocycles. The number of sulfonamides is 1. The molecular formula is C14H22N2O4S. The number of rotatable bonds is 6. The van der Waals surface area contributed by atoms with E-state index in [2.05, 4.69) is 0 Å². The van der Waals surface area contributed by atoms with Crippen LogP contribution in [0.1, 0.15) is 13.3 Å². The quantitative estimate of drug-likeness (QED) is 0.794. The number of nitrogens with zero attached hydrogens (tertiary/aromatic N) is 2. The highest BCUT2D eigenvalue weighted by molar-refractivity contribution is 7.92. The Kier molecular flexibility index (Phi) is 5.60. The van der Waals surface area contributed by atoms with Crippen molar-refractivity contribution in [1.82, 2.24) is 4.90 Å². The van der Waals surface area contributed by atoms with Crippen molar-refractivity contribution >= 4 is 21.6 Å². The minimum Gasteiger partial charge on any atom is -0.497 e. The van der Waals surface area contributed by atoms with E-state index in [1.165, 1.54) is 12.0 Å². The standard InChI is InChI=1S/C14H22N2O4S/c1-6-13(14(17)15(2)3)16(21(5,18)19)11-8-7-9-12(10-11)20-4/h7-10,13H,6H2,1-5H3/t13-/m0/s1. The predicted octanol–water partition coefficient (Wildman–Crippen LogP) is 1.33. The normalized spacial score (nSPS) is 12.6. The van der Waals surface area contributed by atoms with Crippen molar-refractivity contribution in [2.24, 2.45) is 0 Å². The molecule has 0 aliphatic carbocycles. The topological polar surface area (TPSA) is 66.9 Å². The Balaban J connectivity index is 3.38. The number of methoxy groups -OCH3 is 1. The molecule has 0 unspecified atom stereocenters. The van der Waals surface area contributed by atoms with E-state index in [0.717, 1.165) is 10.6 Å². The zero-order valence-corrected chi connectivity index (χ0v) is 13.8. The van der Waals surface area contributed by atoms with E-state index in [-0.39, 0.29) is 5.91 Å². The first-order chi connectivity index (χ1) is 9.72. The zero-order valence-electron chi connectivity index (χ0n) is 13.0. The average Bonchev–Trinajstić information content (AvgIpc) is 2.42. The minimum absolute atomic E-state index is 0.259. The third kappa shape index (κ3) is 4.10. The molecule has 1 aromatic rings. The van der Waals surface area contributed by atoms with Crippen molar-refractivity contribution in [3.05, 3.63) is 24.3 Å². The number of carbonyl (C=O) groups is 1. The van der Waals surface area contributed by atoms with Crippen LogP contribution in [0.2, 0.25) is 0 Å². The maximum absolute atomic E-state index is 12.3. The van der Waals surface area contributed by atoms with Gasteiger partial charge in [-0.3, -0.25) is 9.10 Å². The first-order valence-corrected chi connectivity index (χ1v) is 8.41. The Labute approximate surface area is 126 Å². The molecule has 7 heteroatoms. The van der Waals surface area contributed by atoms with Crippen LogP contribution in [-0.2, 0) is 14.8 Å². The van der Waals surface area contributed by atoms with Gasteiger partial charge in [-0.15, -0.1) is 0 Å². The van der Waals surface area contributed by atoms with Gasteiger partial charge in [0.25, 0.3) is 0 Å². The third-order valence-electron chi connectivity index (χ3n) is 3.06. The summed E-state index contributed by atoms with van der Waals surface area (Å²) in [6.07, 6.45) is 1.47. The van der Waals surface area contributed by atoms with Crippen LogP contribution in [0, 0.1) is 0 Å². The molecular weight excluding hydrogens is 292 g/mol. The number of ether oxygens (including phenoxy) is 1. The first kappa shape index (κ1) is 17.3. The lowest BCUT2D eigenvalue weighted by Crippen LogP contribution is -2.48. The number of carbonyl (C=O) groups excluding carboxylic acids is 1. The van der Waals surface area contributed by atoms with Crippen LogP contribution in [0.15, 0.2) is 24.3 Å². The summed E-state index contributed by atoms with van der Waals surface area (Å²) < 4.78 is 30.6. The number of anilines is 1. The smallest absolute Gasteiger partial charge is 0.245 e. The molecule has 0 fully saturated rings. The third-order valence-corrected chi connectivity index (χ3v) is 4.24. The van der Waals surface area contributed by atoms with Gasteiger partial charge in [0.2, 0.25) is 15.9 Å². The van der Waals surface area contributed by atoms with E-state index < -0.39 is 16.1 Å². The lowest BCUT2D eigenvalue weighted by atomic mass is 10.2. The van der Waals surface area contributed by atoms with E-state index in [1.807, 2.05) is 0 Å². The predicted molar refractivity (Wildman–Crippen MR) is 83.1 cm³/mol. The second-order valence-corrected chi connectivity index (χ2v) is 6.78. The lowest BCUT2D eigenvalue weighted by Gasteiger charge is -2.31. The number of benzene rings is 1. The summed E-state index contributed by atoms with van der Waals surface area (Å²) in [5.74, 6) is 0.277. The van der Waals surface area contributed by atoms with E-state index in [9.17, 15) is 13.2 Å². The van der Waals surface area contributed by atoms with Gasteiger partial charge in [-0.25, -0.2) is 8.42 Å². The maximum Gasteiger partial charge on any atom is 0.245 e. The minimum atomic E-state index is -3.60. The Morgan fingerprint density at radius 1 is 1.33 bits per heavy atom. The Bertz CT molecular complexity index is 599. The summed E-state index contributed by atoms with van der Waals surface area (Å²) in [6.45, 7) is 1.78. The molecule has 0 radical (unpaired) electrons. The molecule has 0 spiro atoms. The molecule has 1 rings (SSSR count). The van der Waals surface area contributed by atoms with Crippen LogP contribution < -0.4 is 9.04 Å². The molecule has 0 saturated carbocycles. The van der Waals surface area contributed by atoms with Gasteiger partial charge in [-0.2, -0.15) is 0 Å². The van der Waals surface area contributed by atoms with Crippen LogP contribution in [-0.4, -0.2) is 52.7 Å². The van der Waals surface area contributed by atoms with Crippen molar-refractivity contribution in [2.75, 3.05) is 31.8 Å². The van der Waals surface area contributed by atoms with Crippen LogP contribution >= 0.6 is 0 Å². The van der Waals surface area contributed by atoms with Gasteiger partial charge >= 0.3 is 0 Å². The van der Waals surface area contributed by atoms with Gasteiger partial charge in [-0.05, 0) is 18.6 Å². The van der Waals surface area contributed by atoms with Gasteiger partial charge < -0.3 is 9.64 Å². The first-order valence-electron chi connectivity index (χ1n) is 6.57. The van der Waals surface area contributed by atoms with Crippen LogP contribution in [0.5, 0.6) is 5.75 Å². The highest BCUT2D eigenvalue weighted by Crippen LogP contribution is 2.26. The van der Waals surface area contributed by atoms with E-state index in [0.29, 0.717) is 17.9 Å². The van der Waals surface area contributed by atoms with E-state index in [1.54, 1.807) is 45.3 Å². The second kappa shape index (κ2) is 6.80. The number of hydrogen-bond acceptors (Lipinski definition) is 4. The van der Waals surface area contributed by atoms with Crippen molar-refractivity contribution in [1.29, 1.82) is 0 Å². The number of hydrogen-bond donors (Lipinski definition) is 0. The van der Waals surface area contributed by atoms with Gasteiger partial charge in [0.15, 0.2) is 0 Å². The number of likely N-dealkylation sites (N-methyl/N-ethyl adjacent to an activating group) is 1. The summed E-state index contributed by atoms with van der Waals surface area (Å²) in [6, 6.07) is 5.89. The van der Waals surface area contributed by atoms with Gasteiger partial charge in [-0.1, -0.05) is 13.0 Å². The van der Waals surface area contributed by atoms with Crippen molar-refractivity contribution in [2.45, 2.75) is 19.4 Å². The monoisotopic (exact) mass is 314 g/mol. The average molecular weight is 314 g/mol. The van der Waals surface area contributed by atoms with Gasteiger partial charge in [0.05, 0.1) is 19.1 Å². The van der Waals surface area contributed by atoms with Gasteiger partial charge in [0, 0.05) is 20.2 Å². The largest absolute Gasteiger partial charge is 0.497 e. The molecule has 21 heavy (non-hydrogen) atoms. The highest BCUT2D eigenvalue weighted by Gasteiger charge is 2.32. The lowest BCUT2D eigenvalue weighted by molar-refractivity contribution is -0.129. The molecule has 0 aliphatic heterocycles. The maximum atomic E-state index is 12.3. The Hall–Kier alpha value is -1.76.